The summed E-state index contributed by atoms with van der Waals surface area (Å²) in [6.45, 7) is 0. The number of carbonyl (C=O) groups excluding carboxylic acids is 1. The predicted molar refractivity (Wildman–Crippen MR) is 61.7 cm³/mol. The molecule has 2 N–H and O–H groups in total. The van der Waals surface area contributed by atoms with Crippen LogP contribution in [0.3, 0.4) is 0 Å². The van der Waals surface area contributed by atoms with E-state index in [9.17, 15) is 22.4 Å². The SMILES string of the molecule is CS(=O)(=O)CC(=O)Nc1c(F)cccc1C(=O)O. The van der Waals surface area contributed by atoms with Crippen LogP contribution in [0.5, 0.6) is 0 Å². The van der Waals surface area contributed by atoms with Crippen LogP contribution in [-0.4, -0.2) is 37.4 Å². The minimum Gasteiger partial charge on any atom is -0.478 e. The van der Waals surface area contributed by atoms with E-state index < -0.39 is 44.5 Å². The molecule has 0 aromatic heterocycles. The summed E-state index contributed by atoms with van der Waals surface area (Å²) in [5, 5.41) is 10.7. The summed E-state index contributed by atoms with van der Waals surface area (Å²) in [6.07, 6.45) is 0.839. The number of sulfone groups is 1. The van der Waals surface area contributed by atoms with E-state index in [-0.39, 0.29) is 0 Å². The van der Waals surface area contributed by atoms with Crippen LogP contribution in [0.4, 0.5) is 10.1 Å². The van der Waals surface area contributed by atoms with Crippen LogP contribution in [0.1, 0.15) is 10.4 Å². The molecule has 0 saturated heterocycles. The molecule has 0 fully saturated rings. The molecule has 0 atom stereocenters. The lowest BCUT2D eigenvalue weighted by Crippen LogP contribution is -2.23. The first kappa shape index (κ1) is 14.1. The number of hydrogen-bond donors (Lipinski definition) is 2. The smallest absolute Gasteiger partial charge is 0.337 e. The fraction of sp³-hybridized carbons (Fsp3) is 0.200. The Kier molecular flexibility index (Phi) is 4.02. The molecule has 0 aliphatic heterocycles. The zero-order valence-electron chi connectivity index (χ0n) is 9.31. The molecule has 98 valence electrons. The Morgan fingerprint density at radius 1 is 1.39 bits per heavy atom. The zero-order valence-corrected chi connectivity index (χ0v) is 10.1. The van der Waals surface area contributed by atoms with Gasteiger partial charge in [-0.1, -0.05) is 6.07 Å². The summed E-state index contributed by atoms with van der Waals surface area (Å²) < 4.78 is 35.1. The number of amides is 1. The number of para-hydroxylation sites is 1. The van der Waals surface area contributed by atoms with Crippen LogP contribution in [0, 0.1) is 5.82 Å². The number of halogens is 1. The van der Waals surface area contributed by atoms with Gasteiger partial charge in [0.05, 0.1) is 11.3 Å². The van der Waals surface area contributed by atoms with Crippen LogP contribution in [0.15, 0.2) is 18.2 Å². The van der Waals surface area contributed by atoms with Gasteiger partial charge in [-0.15, -0.1) is 0 Å². The lowest BCUT2D eigenvalue weighted by Gasteiger charge is -2.08. The second kappa shape index (κ2) is 5.13. The average Bonchev–Trinajstić information content (AvgIpc) is 2.17. The summed E-state index contributed by atoms with van der Waals surface area (Å²) >= 11 is 0. The van der Waals surface area contributed by atoms with Crippen molar-refractivity contribution in [1.29, 1.82) is 0 Å². The van der Waals surface area contributed by atoms with Crippen molar-refractivity contribution in [3.63, 3.8) is 0 Å². The molecule has 0 spiro atoms. The average molecular weight is 275 g/mol. The molecule has 0 heterocycles. The standard InChI is InChI=1S/C10H10FNO5S/c1-18(16,17)5-8(13)12-9-6(10(14)15)3-2-4-7(9)11/h2-4H,5H2,1H3,(H,12,13)(H,14,15). The maximum Gasteiger partial charge on any atom is 0.337 e. The lowest BCUT2D eigenvalue weighted by atomic mass is 10.1. The van der Waals surface area contributed by atoms with Crippen molar-refractivity contribution in [3.05, 3.63) is 29.6 Å². The first-order chi connectivity index (χ1) is 8.20. The Bertz CT molecular complexity index is 596. The maximum atomic E-state index is 13.4. The largest absolute Gasteiger partial charge is 0.478 e. The van der Waals surface area contributed by atoms with Gasteiger partial charge in [0.2, 0.25) is 5.91 Å². The van der Waals surface area contributed by atoms with Gasteiger partial charge in [0.1, 0.15) is 11.6 Å². The monoisotopic (exact) mass is 275 g/mol. The molecule has 1 aromatic carbocycles. The van der Waals surface area contributed by atoms with Gasteiger partial charge in [-0.25, -0.2) is 17.6 Å². The van der Waals surface area contributed by atoms with Gasteiger partial charge >= 0.3 is 5.97 Å². The second-order valence-corrected chi connectivity index (χ2v) is 5.73. The Balaban J connectivity index is 3.04. The quantitative estimate of drug-likeness (QED) is 0.833. The highest BCUT2D eigenvalue weighted by atomic mass is 32.2. The topological polar surface area (TPSA) is 101 Å². The molecular weight excluding hydrogens is 265 g/mol. The fourth-order valence-electron chi connectivity index (χ4n) is 1.24. The summed E-state index contributed by atoms with van der Waals surface area (Å²) in [6, 6.07) is 3.23. The molecule has 0 bridgehead atoms. The first-order valence-electron chi connectivity index (χ1n) is 4.70. The van der Waals surface area contributed by atoms with Gasteiger partial charge in [0, 0.05) is 6.26 Å². The summed E-state index contributed by atoms with van der Waals surface area (Å²) in [5.74, 6) is -4.22. The molecule has 1 aromatic rings. The second-order valence-electron chi connectivity index (χ2n) is 3.59. The van der Waals surface area contributed by atoms with Crippen molar-refractivity contribution in [2.45, 2.75) is 0 Å². The lowest BCUT2D eigenvalue weighted by molar-refractivity contribution is -0.113. The number of carbonyl (C=O) groups is 2. The van der Waals surface area contributed by atoms with Crippen molar-refractivity contribution in [2.24, 2.45) is 0 Å². The van der Waals surface area contributed by atoms with Crippen molar-refractivity contribution >= 4 is 27.4 Å². The zero-order chi connectivity index (χ0) is 13.9. The van der Waals surface area contributed by atoms with Crippen LogP contribution in [0.2, 0.25) is 0 Å². The molecule has 0 aliphatic rings. The molecule has 1 rings (SSSR count). The molecular formula is C10H10FNO5S. The van der Waals surface area contributed by atoms with E-state index >= 15 is 0 Å². The van der Waals surface area contributed by atoms with Crippen LogP contribution >= 0.6 is 0 Å². The Labute approximate surface area is 102 Å². The summed E-state index contributed by atoms with van der Waals surface area (Å²) in [5.41, 5.74) is -0.990. The molecule has 0 radical (unpaired) electrons. The number of benzene rings is 1. The van der Waals surface area contributed by atoms with Gasteiger partial charge in [0.25, 0.3) is 0 Å². The molecule has 0 saturated carbocycles. The van der Waals surface area contributed by atoms with E-state index in [4.69, 9.17) is 5.11 Å². The van der Waals surface area contributed by atoms with Crippen molar-refractivity contribution in [1.82, 2.24) is 0 Å². The summed E-state index contributed by atoms with van der Waals surface area (Å²) in [7, 11) is -3.57. The van der Waals surface area contributed by atoms with E-state index in [1.807, 2.05) is 5.32 Å². The highest BCUT2D eigenvalue weighted by molar-refractivity contribution is 7.91. The minimum atomic E-state index is -3.57. The third-order valence-corrected chi connectivity index (χ3v) is 2.69. The van der Waals surface area contributed by atoms with E-state index in [2.05, 4.69) is 0 Å². The van der Waals surface area contributed by atoms with Gasteiger partial charge in [-0.05, 0) is 12.1 Å². The summed E-state index contributed by atoms with van der Waals surface area (Å²) in [4.78, 5) is 22.1. The number of rotatable bonds is 4. The van der Waals surface area contributed by atoms with Crippen molar-refractivity contribution < 1.29 is 27.5 Å². The van der Waals surface area contributed by atoms with E-state index in [1.165, 1.54) is 6.07 Å². The number of hydrogen-bond acceptors (Lipinski definition) is 4. The first-order valence-corrected chi connectivity index (χ1v) is 6.76. The Hall–Kier alpha value is -1.96. The predicted octanol–water partition coefficient (Wildman–Crippen LogP) is 0.507. The molecule has 6 nitrogen and oxygen atoms in total. The van der Waals surface area contributed by atoms with E-state index in [1.54, 1.807) is 0 Å². The van der Waals surface area contributed by atoms with Crippen LogP contribution in [0.25, 0.3) is 0 Å². The molecule has 0 unspecified atom stereocenters. The van der Waals surface area contributed by atoms with Crippen molar-refractivity contribution in [2.75, 3.05) is 17.3 Å². The molecule has 8 heteroatoms. The number of anilines is 1. The van der Waals surface area contributed by atoms with Crippen LogP contribution in [-0.2, 0) is 14.6 Å². The van der Waals surface area contributed by atoms with Gasteiger partial charge in [-0.2, -0.15) is 0 Å². The van der Waals surface area contributed by atoms with E-state index in [0.717, 1.165) is 18.4 Å². The third-order valence-electron chi connectivity index (χ3n) is 1.90. The minimum absolute atomic E-state index is 0.447. The fourth-order valence-corrected chi connectivity index (χ4v) is 1.79. The van der Waals surface area contributed by atoms with Gasteiger partial charge < -0.3 is 10.4 Å². The molecule has 1 amide bonds. The van der Waals surface area contributed by atoms with E-state index in [0.29, 0.717) is 0 Å². The van der Waals surface area contributed by atoms with Gasteiger partial charge in [-0.3, -0.25) is 4.79 Å². The number of nitrogens with one attached hydrogen (secondary N) is 1. The number of carboxylic acids is 1. The number of aromatic carboxylic acids is 1. The van der Waals surface area contributed by atoms with Crippen molar-refractivity contribution in [3.8, 4) is 0 Å². The normalized spacial score (nSPS) is 11.0. The van der Waals surface area contributed by atoms with Crippen LogP contribution < -0.4 is 5.32 Å². The Morgan fingerprint density at radius 2 is 2.00 bits per heavy atom. The molecule has 0 aliphatic carbocycles. The highest BCUT2D eigenvalue weighted by Gasteiger charge is 2.18. The Morgan fingerprint density at radius 3 is 2.50 bits per heavy atom. The number of carboxylic acid groups (broad SMARTS) is 1. The van der Waals surface area contributed by atoms with Gasteiger partial charge in [0.15, 0.2) is 9.84 Å². The maximum absolute atomic E-state index is 13.4. The highest BCUT2D eigenvalue weighted by Crippen LogP contribution is 2.19. The third kappa shape index (κ3) is 3.81. The molecule has 18 heavy (non-hydrogen) atoms.